The molecule has 1 aliphatic rings. The molecule has 1 N–H and O–H groups in total. The van der Waals surface area contributed by atoms with Gasteiger partial charge in [-0.25, -0.2) is 4.79 Å². The molecule has 1 aliphatic heterocycles. The van der Waals surface area contributed by atoms with Crippen LogP contribution in [0.15, 0.2) is 48.5 Å². The molecule has 1 atom stereocenters. The van der Waals surface area contributed by atoms with Crippen molar-refractivity contribution in [3.8, 4) is 6.07 Å². The van der Waals surface area contributed by atoms with Gasteiger partial charge in [-0.15, -0.1) is 0 Å². The number of anilines is 1. The molecule has 1 saturated heterocycles. The summed E-state index contributed by atoms with van der Waals surface area (Å²) in [6.07, 6.45) is 0.338. The van der Waals surface area contributed by atoms with Crippen LogP contribution in [0.2, 0.25) is 5.02 Å². The number of benzene rings is 2. The van der Waals surface area contributed by atoms with Crippen molar-refractivity contribution in [3.63, 3.8) is 0 Å². The number of hydrogen-bond acceptors (Lipinski definition) is 3. The lowest BCUT2D eigenvalue weighted by molar-refractivity contribution is 0.119. The van der Waals surface area contributed by atoms with Gasteiger partial charge >= 0.3 is 6.03 Å². The molecule has 0 bridgehead atoms. The molecule has 3 rings (SSSR count). The van der Waals surface area contributed by atoms with Crippen LogP contribution in [-0.4, -0.2) is 42.0 Å². The number of rotatable bonds is 4. The second kappa shape index (κ2) is 8.90. The molecule has 1 fully saturated rings. The Bertz CT molecular complexity index is 823. The van der Waals surface area contributed by atoms with E-state index < -0.39 is 0 Å². The normalized spacial score (nSPS) is 15.8. The molecule has 1 heterocycles. The van der Waals surface area contributed by atoms with Crippen LogP contribution in [0.5, 0.6) is 0 Å². The monoisotopic (exact) mass is 382 g/mol. The summed E-state index contributed by atoms with van der Waals surface area (Å²) in [6.45, 7) is 5.19. The molecule has 0 spiro atoms. The second-order valence-corrected chi connectivity index (χ2v) is 7.15. The average Bonchev–Trinajstić information content (AvgIpc) is 2.69. The van der Waals surface area contributed by atoms with Crippen LogP contribution < -0.4 is 5.32 Å². The van der Waals surface area contributed by atoms with E-state index in [4.69, 9.17) is 16.9 Å². The zero-order valence-corrected chi connectivity index (χ0v) is 16.1. The van der Waals surface area contributed by atoms with E-state index in [0.717, 1.165) is 29.4 Å². The quantitative estimate of drug-likeness (QED) is 0.856. The van der Waals surface area contributed by atoms with Crippen molar-refractivity contribution in [2.75, 3.05) is 31.5 Å². The Kier molecular flexibility index (Phi) is 6.33. The highest BCUT2D eigenvalue weighted by Gasteiger charge is 2.24. The fourth-order valence-corrected chi connectivity index (χ4v) is 3.44. The number of piperazine rings is 1. The summed E-state index contributed by atoms with van der Waals surface area (Å²) < 4.78 is 0. The predicted octanol–water partition coefficient (Wildman–Crippen LogP) is 4.32. The summed E-state index contributed by atoms with van der Waals surface area (Å²) in [5.41, 5.74) is 2.85. The van der Waals surface area contributed by atoms with E-state index >= 15 is 0 Å². The molecule has 1 unspecified atom stereocenters. The lowest BCUT2D eigenvalue weighted by atomic mass is 10.1. The topological polar surface area (TPSA) is 59.4 Å². The van der Waals surface area contributed by atoms with E-state index in [-0.39, 0.29) is 12.1 Å². The van der Waals surface area contributed by atoms with Crippen molar-refractivity contribution in [2.45, 2.75) is 19.4 Å². The molecule has 2 amide bonds. The maximum absolute atomic E-state index is 12.5. The number of halogens is 1. The summed E-state index contributed by atoms with van der Waals surface area (Å²) >= 11 is 5.97. The Labute approximate surface area is 165 Å². The Morgan fingerprint density at radius 3 is 2.56 bits per heavy atom. The SMILES string of the molecule is CC(c1ccc(Cl)cc1)N1CCN(C(=O)Nc2cccc(CC#N)c2)CC1. The molecule has 140 valence electrons. The van der Waals surface area contributed by atoms with E-state index in [0.29, 0.717) is 19.5 Å². The molecule has 2 aromatic rings. The van der Waals surface area contributed by atoms with Crippen LogP contribution >= 0.6 is 11.6 Å². The molecule has 0 saturated carbocycles. The molecular weight excluding hydrogens is 360 g/mol. The highest BCUT2D eigenvalue weighted by atomic mass is 35.5. The zero-order valence-electron chi connectivity index (χ0n) is 15.4. The van der Waals surface area contributed by atoms with Crippen molar-refractivity contribution >= 4 is 23.3 Å². The van der Waals surface area contributed by atoms with Gasteiger partial charge in [0.05, 0.1) is 12.5 Å². The smallest absolute Gasteiger partial charge is 0.321 e. The first-order valence-electron chi connectivity index (χ1n) is 9.08. The molecular formula is C21H23ClN4O. The number of carbonyl (C=O) groups excluding carboxylic acids is 1. The molecule has 0 radical (unpaired) electrons. The third kappa shape index (κ3) is 5.00. The first-order valence-corrected chi connectivity index (χ1v) is 9.46. The van der Waals surface area contributed by atoms with Gasteiger partial charge in [-0.1, -0.05) is 35.9 Å². The maximum Gasteiger partial charge on any atom is 0.321 e. The summed E-state index contributed by atoms with van der Waals surface area (Å²) in [4.78, 5) is 16.7. The van der Waals surface area contributed by atoms with Gasteiger partial charge in [-0.3, -0.25) is 4.90 Å². The first-order chi connectivity index (χ1) is 13.1. The van der Waals surface area contributed by atoms with Crippen LogP contribution in [-0.2, 0) is 6.42 Å². The zero-order chi connectivity index (χ0) is 19.2. The van der Waals surface area contributed by atoms with Crippen molar-refractivity contribution in [2.24, 2.45) is 0 Å². The minimum absolute atomic E-state index is 0.0945. The van der Waals surface area contributed by atoms with Crippen molar-refractivity contribution in [1.82, 2.24) is 9.80 Å². The van der Waals surface area contributed by atoms with Crippen LogP contribution in [0, 0.1) is 11.3 Å². The number of amides is 2. The maximum atomic E-state index is 12.5. The fourth-order valence-electron chi connectivity index (χ4n) is 3.32. The number of nitriles is 1. The second-order valence-electron chi connectivity index (χ2n) is 6.72. The van der Waals surface area contributed by atoms with Gasteiger partial charge in [-0.2, -0.15) is 5.26 Å². The van der Waals surface area contributed by atoms with Crippen molar-refractivity contribution < 1.29 is 4.79 Å². The predicted molar refractivity (Wildman–Crippen MR) is 108 cm³/mol. The molecule has 6 heteroatoms. The molecule has 0 aromatic heterocycles. The van der Waals surface area contributed by atoms with E-state index in [1.807, 2.05) is 41.3 Å². The van der Waals surface area contributed by atoms with E-state index in [1.54, 1.807) is 0 Å². The molecule has 27 heavy (non-hydrogen) atoms. The Hall–Kier alpha value is -2.55. The number of nitrogens with zero attached hydrogens (tertiary/aromatic N) is 3. The number of urea groups is 1. The Balaban J connectivity index is 1.54. The highest BCUT2D eigenvalue weighted by Crippen LogP contribution is 2.23. The van der Waals surface area contributed by atoms with Crippen molar-refractivity contribution in [1.29, 1.82) is 5.26 Å². The molecule has 5 nitrogen and oxygen atoms in total. The van der Waals surface area contributed by atoms with Gasteiger partial charge in [0.25, 0.3) is 0 Å². The fraction of sp³-hybridized carbons (Fsp3) is 0.333. The summed E-state index contributed by atoms with van der Waals surface area (Å²) in [7, 11) is 0. The van der Waals surface area contributed by atoms with E-state index in [1.165, 1.54) is 5.56 Å². The van der Waals surface area contributed by atoms with Gasteiger partial charge < -0.3 is 10.2 Å². The summed E-state index contributed by atoms with van der Waals surface area (Å²) in [6, 6.07) is 17.7. The molecule has 2 aromatic carbocycles. The van der Waals surface area contributed by atoms with Gasteiger partial charge in [-0.05, 0) is 42.3 Å². The molecule has 0 aliphatic carbocycles. The van der Waals surface area contributed by atoms with Gasteiger partial charge in [0.15, 0.2) is 0 Å². The van der Waals surface area contributed by atoms with Crippen LogP contribution in [0.4, 0.5) is 10.5 Å². The third-order valence-electron chi connectivity index (χ3n) is 4.96. The Morgan fingerprint density at radius 1 is 1.19 bits per heavy atom. The van der Waals surface area contributed by atoms with Gasteiger partial charge in [0.2, 0.25) is 0 Å². The highest BCUT2D eigenvalue weighted by molar-refractivity contribution is 6.30. The number of carbonyl (C=O) groups is 1. The number of hydrogen-bond donors (Lipinski definition) is 1. The van der Waals surface area contributed by atoms with E-state index in [9.17, 15) is 4.79 Å². The minimum Gasteiger partial charge on any atom is -0.322 e. The summed E-state index contributed by atoms with van der Waals surface area (Å²) in [5.74, 6) is 0. The number of nitrogens with one attached hydrogen (secondary N) is 1. The Morgan fingerprint density at radius 2 is 1.89 bits per heavy atom. The third-order valence-corrected chi connectivity index (χ3v) is 5.22. The van der Waals surface area contributed by atoms with Crippen LogP contribution in [0.25, 0.3) is 0 Å². The van der Waals surface area contributed by atoms with Crippen LogP contribution in [0.1, 0.15) is 24.1 Å². The standard InChI is InChI=1S/C21H23ClN4O/c1-16(18-5-7-19(22)8-6-18)25-11-13-26(14-12-25)21(27)24-20-4-2-3-17(15-20)9-10-23/h2-8,15-16H,9,11-14H2,1H3,(H,24,27). The van der Waals surface area contributed by atoms with Gasteiger partial charge in [0, 0.05) is 42.9 Å². The average molecular weight is 383 g/mol. The van der Waals surface area contributed by atoms with Gasteiger partial charge in [0.1, 0.15) is 0 Å². The summed E-state index contributed by atoms with van der Waals surface area (Å²) in [5, 5.41) is 12.5. The van der Waals surface area contributed by atoms with E-state index in [2.05, 4.69) is 35.3 Å². The van der Waals surface area contributed by atoms with Crippen LogP contribution in [0.3, 0.4) is 0 Å². The lowest BCUT2D eigenvalue weighted by Crippen LogP contribution is -2.50. The minimum atomic E-state index is -0.0945. The lowest BCUT2D eigenvalue weighted by Gasteiger charge is -2.38. The largest absolute Gasteiger partial charge is 0.322 e. The first kappa shape index (κ1) is 19.2. The van der Waals surface area contributed by atoms with Crippen molar-refractivity contribution in [3.05, 3.63) is 64.7 Å².